The van der Waals surface area contributed by atoms with Crippen molar-refractivity contribution in [1.29, 1.82) is 0 Å². The van der Waals surface area contributed by atoms with Crippen molar-refractivity contribution in [3.05, 3.63) is 50.6 Å². The molecule has 0 fully saturated rings. The van der Waals surface area contributed by atoms with Crippen LogP contribution in [0, 0.1) is 0 Å². The summed E-state index contributed by atoms with van der Waals surface area (Å²) in [5, 5.41) is 12.0. The number of hydrogen-bond donors (Lipinski definition) is 1. The van der Waals surface area contributed by atoms with Crippen LogP contribution in [0.3, 0.4) is 0 Å². The molecule has 0 unspecified atom stereocenters. The Bertz CT molecular complexity index is 724. The van der Waals surface area contributed by atoms with Gasteiger partial charge >= 0.3 is 11.7 Å². The van der Waals surface area contributed by atoms with E-state index in [4.69, 9.17) is 9.63 Å². The van der Waals surface area contributed by atoms with Crippen LogP contribution in [-0.2, 0) is 13.1 Å². The molecule has 0 atom stereocenters. The number of rotatable bonds is 4. The lowest BCUT2D eigenvalue weighted by Crippen LogP contribution is -2.38. The summed E-state index contributed by atoms with van der Waals surface area (Å²) in [4.78, 5) is 34.2. The van der Waals surface area contributed by atoms with Crippen LogP contribution in [-0.4, -0.2) is 25.4 Å². The third kappa shape index (κ3) is 2.46. The Labute approximate surface area is 106 Å². The highest BCUT2D eigenvalue weighted by molar-refractivity contribution is 5.85. The molecule has 2 heterocycles. The van der Waals surface area contributed by atoms with E-state index in [-0.39, 0.29) is 18.0 Å². The maximum atomic E-state index is 11.9. The fourth-order valence-corrected chi connectivity index (χ4v) is 1.59. The second kappa shape index (κ2) is 4.92. The smallest absolute Gasteiger partial charge is 0.358 e. The lowest BCUT2D eigenvalue weighted by molar-refractivity contribution is 0.0685. The van der Waals surface area contributed by atoms with Crippen LogP contribution in [0.4, 0.5) is 0 Å². The van der Waals surface area contributed by atoms with E-state index < -0.39 is 17.2 Å². The van der Waals surface area contributed by atoms with Gasteiger partial charge in [0.15, 0.2) is 11.5 Å². The average Bonchev–Trinajstić information content (AvgIpc) is 2.83. The molecule has 2 aromatic rings. The number of carbonyl (C=O) groups is 1. The Kier molecular flexibility index (Phi) is 3.32. The standard InChI is InChI=1S/C11H11N3O5/c1-2-13-4-3-9(15)14(11(13)18)6-7-5-8(10(16)17)12-19-7/h3-5H,2,6H2,1H3,(H,16,17). The van der Waals surface area contributed by atoms with E-state index in [2.05, 4.69) is 5.16 Å². The third-order valence-corrected chi connectivity index (χ3v) is 2.57. The van der Waals surface area contributed by atoms with Gasteiger partial charge in [-0.15, -0.1) is 0 Å². The Balaban J connectivity index is 2.40. The van der Waals surface area contributed by atoms with Crippen molar-refractivity contribution in [3.8, 4) is 0 Å². The Morgan fingerprint density at radius 1 is 1.47 bits per heavy atom. The van der Waals surface area contributed by atoms with Gasteiger partial charge in [0.25, 0.3) is 5.56 Å². The monoisotopic (exact) mass is 265 g/mol. The highest BCUT2D eigenvalue weighted by atomic mass is 16.5. The van der Waals surface area contributed by atoms with E-state index in [9.17, 15) is 14.4 Å². The highest BCUT2D eigenvalue weighted by Gasteiger charge is 2.13. The van der Waals surface area contributed by atoms with Crippen molar-refractivity contribution < 1.29 is 14.4 Å². The number of aryl methyl sites for hydroxylation is 1. The molecule has 0 bridgehead atoms. The molecular formula is C11H11N3O5. The molecular weight excluding hydrogens is 254 g/mol. The largest absolute Gasteiger partial charge is 0.476 e. The molecule has 8 nitrogen and oxygen atoms in total. The molecule has 0 aliphatic rings. The van der Waals surface area contributed by atoms with E-state index in [1.54, 1.807) is 6.92 Å². The predicted molar refractivity (Wildman–Crippen MR) is 63.2 cm³/mol. The van der Waals surface area contributed by atoms with Crippen LogP contribution >= 0.6 is 0 Å². The Morgan fingerprint density at radius 3 is 2.79 bits per heavy atom. The van der Waals surface area contributed by atoms with Crippen LogP contribution in [0.1, 0.15) is 23.2 Å². The lowest BCUT2D eigenvalue weighted by atomic mass is 10.3. The van der Waals surface area contributed by atoms with E-state index in [1.807, 2.05) is 0 Å². The van der Waals surface area contributed by atoms with Gasteiger partial charge in [-0.05, 0) is 6.92 Å². The lowest BCUT2D eigenvalue weighted by Gasteiger charge is -2.05. The van der Waals surface area contributed by atoms with Crippen molar-refractivity contribution >= 4 is 5.97 Å². The van der Waals surface area contributed by atoms with Crippen molar-refractivity contribution in [2.75, 3.05) is 0 Å². The molecule has 0 radical (unpaired) electrons. The number of aromatic nitrogens is 3. The molecule has 0 spiro atoms. The Morgan fingerprint density at radius 2 is 2.21 bits per heavy atom. The summed E-state index contributed by atoms with van der Waals surface area (Å²) in [6, 6.07) is 2.44. The zero-order valence-corrected chi connectivity index (χ0v) is 10.1. The van der Waals surface area contributed by atoms with E-state index in [0.717, 1.165) is 4.57 Å². The SMILES string of the molecule is CCn1ccc(=O)n(Cc2cc(C(=O)O)no2)c1=O. The van der Waals surface area contributed by atoms with E-state index in [0.29, 0.717) is 6.54 Å². The number of carboxylic acid groups (broad SMARTS) is 1. The van der Waals surface area contributed by atoms with Crippen LogP contribution in [0.25, 0.3) is 0 Å². The zero-order chi connectivity index (χ0) is 14.0. The molecule has 19 heavy (non-hydrogen) atoms. The molecule has 100 valence electrons. The van der Waals surface area contributed by atoms with Gasteiger partial charge in [0.05, 0.1) is 6.54 Å². The highest BCUT2D eigenvalue weighted by Crippen LogP contribution is 2.03. The summed E-state index contributed by atoms with van der Waals surface area (Å²) in [6.45, 7) is 2.04. The van der Waals surface area contributed by atoms with E-state index in [1.165, 1.54) is 22.9 Å². The van der Waals surface area contributed by atoms with Gasteiger partial charge in [0.1, 0.15) is 0 Å². The van der Waals surface area contributed by atoms with Crippen molar-refractivity contribution in [3.63, 3.8) is 0 Å². The first-order chi connectivity index (χ1) is 9.02. The van der Waals surface area contributed by atoms with Crippen molar-refractivity contribution in [2.24, 2.45) is 0 Å². The summed E-state index contributed by atoms with van der Waals surface area (Å²) in [5.74, 6) is -1.10. The molecule has 0 saturated carbocycles. The van der Waals surface area contributed by atoms with Gasteiger partial charge < -0.3 is 14.2 Å². The number of hydrogen-bond acceptors (Lipinski definition) is 5. The minimum atomic E-state index is -1.23. The van der Waals surface area contributed by atoms with Gasteiger partial charge in [0, 0.05) is 24.9 Å². The number of nitrogens with zero attached hydrogens (tertiary/aromatic N) is 3. The normalized spacial score (nSPS) is 10.6. The predicted octanol–water partition coefficient (Wildman–Crippen LogP) is -0.236. The quantitative estimate of drug-likeness (QED) is 0.817. The second-order valence-electron chi connectivity index (χ2n) is 3.79. The minimum absolute atomic E-state index is 0.130. The molecule has 0 aliphatic heterocycles. The number of carboxylic acids is 1. The van der Waals surface area contributed by atoms with Crippen molar-refractivity contribution in [2.45, 2.75) is 20.0 Å². The summed E-state index contributed by atoms with van der Waals surface area (Å²) in [7, 11) is 0. The average molecular weight is 265 g/mol. The summed E-state index contributed by atoms with van der Waals surface area (Å²) >= 11 is 0. The molecule has 0 amide bonds. The first-order valence-electron chi connectivity index (χ1n) is 5.52. The Hall–Kier alpha value is -2.64. The first-order valence-corrected chi connectivity index (χ1v) is 5.52. The minimum Gasteiger partial charge on any atom is -0.476 e. The topological polar surface area (TPSA) is 107 Å². The molecule has 2 aromatic heterocycles. The van der Waals surface area contributed by atoms with E-state index >= 15 is 0 Å². The molecule has 0 saturated heterocycles. The van der Waals surface area contributed by atoms with Crippen LogP contribution in [0.2, 0.25) is 0 Å². The summed E-state index contributed by atoms with van der Waals surface area (Å²) < 4.78 is 7.09. The molecule has 1 N–H and O–H groups in total. The van der Waals surface area contributed by atoms with Crippen LogP contribution in [0.15, 0.2) is 32.4 Å². The van der Waals surface area contributed by atoms with Gasteiger partial charge in [-0.1, -0.05) is 5.16 Å². The van der Waals surface area contributed by atoms with Gasteiger partial charge in [0.2, 0.25) is 0 Å². The summed E-state index contributed by atoms with van der Waals surface area (Å²) in [6.07, 6.45) is 1.41. The molecule has 0 aliphatic carbocycles. The van der Waals surface area contributed by atoms with Crippen molar-refractivity contribution in [1.82, 2.24) is 14.3 Å². The summed E-state index contributed by atoms with van der Waals surface area (Å²) in [5.41, 5.74) is -1.24. The first kappa shape index (κ1) is 12.8. The third-order valence-electron chi connectivity index (χ3n) is 2.57. The van der Waals surface area contributed by atoms with Crippen LogP contribution < -0.4 is 11.2 Å². The maximum Gasteiger partial charge on any atom is 0.358 e. The maximum absolute atomic E-state index is 11.9. The molecule has 8 heteroatoms. The fraction of sp³-hybridized carbons (Fsp3) is 0.273. The second-order valence-corrected chi connectivity index (χ2v) is 3.79. The van der Waals surface area contributed by atoms with Gasteiger partial charge in [-0.25, -0.2) is 9.59 Å². The van der Waals surface area contributed by atoms with Gasteiger partial charge in [-0.3, -0.25) is 9.36 Å². The van der Waals surface area contributed by atoms with Gasteiger partial charge in [-0.2, -0.15) is 0 Å². The zero-order valence-electron chi connectivity index (χ0n) is 10.1. The molecule has 2 rings (SSSR count). The molecule has 0 aromatic carbocycles. The number of aromatic carboxylic acids is 1. The van der Waals surface area contributed by atoms with Crippen LogP contribution in [0.5, 0.6) is 0 Å². The fourth-order valence-electron chi connectivity index (χ4n) is 1.59.